The van der Waals surface area contributed by atoms with Gasteiger partial charge in [-0.3, -0.25) is 4.79 Å². The molecule has 3 N–H and O–H groups in total. The quantitative estimate of drug-likeness (QED) is 0.426. The first-order chi connectivity index (χ1) is 11.4. The summed E-state index contributed by atoms with van der Waals surface area (Å²) < 4.78 is 0. The maximum Gasteiger partial charge on any atom is 0.267 e. The highest BCUT2D eigenvalue weighted by atomic mass is 35.5. The minimum absolute atomic E-state index is 0.00688. The van der Waals surface area contributed by atoms with E-state index in [-0.39, 0.29) is 11.3 Å². The Morgan fingerprint density at radius 1 is 1.21 bits per heavy atom. The topological polar surface area (TPSA) is 85.2 Å². The molecule has 2 rings (SSSR count). The van der Waals surface area contributed by atoms with Crippen molar-refractivity contribution in [1.29, 1.82) is 5.26 Å². The number of nitrogens with zero attached hydrogens (tertiary/aromatic N) is 1. The van der Waals surface area contributed by atoms with Crippen molar-refractivity contribution in [2.45, 2.75) is 6.92 Å². The summed E-state index contributed by atoms with van der Waals surface area (Å²) in [7, 11) is 0. The molecule has 1 amide bonds. The minimum atomic E-state index is -0.652. The van der Waals surface area contributed by atoms with E-state index in [2.05, 4.69) is 10.6 Å². The van der Waals surface area contributed by atoms with Gasteiger partial charge in [0.15, 0.2) is 0 Å². The number of nitriles is 1. The summed E-state index contributed by atoms with van der Waals surface area (Å²) in [6, 6.07) is 11.3. The van der Waals surface area contributed by atoms with Crippen LogP contribution in [0.15, 0.2) is 48.2 Å². The SMILES string of the molecule is Cc1ccc(O)c(N/C=C(/C#N)C(=O)Nc2cc(Cl)ccc2Cl)c1. The van der Waals surface area contributed by atoms with Gasteiger partial charge in [-0.1, -0.05) is 29.3 Å². The van der Waals surface area contributed by atoms with E-state index in [1.807, 2.05) is 6.92 Å². The molecule has 0 saturated carbocycles. The lowest BCUT2D eigenvalue weighted by Gasteiger charge is -2.08. The van der Waals surface area contributed by atoms with Gasteiger partial charge < -0.3 is 15.7 Å². The number of hydrogen-bond donors (Lipinski definition) is 3. The lowest BCUT2D eigenvalue weighted by molar-refractivity contribution is -0.112. The van der Waals surface area contributed by atoms with Crippen molar-refractivity contribution in [3.05, 3.63) is 63.8 Å². The number of phenols is 1. The first-order valence-electron chi connectivity index (χ1n) is 6.83. The number of hydrogen-bond acceptors (Lipinski definition) is 4. The number of aromatic hydroxyl groups is 1. The third-order valence-electron chi connectivity index (χ3n) is 3.07. The Kier molecular flexibility index (Phi) is 5.69. The fourth-order valence-electron chi connectivity index (χ4n) is 1.85. The molecule has 7 heteroatoms. The lowest BCUT2D eigenvalue weighted by Crippen LogP contribution is -2.14. The fourth-order valence-corrected chi connectivity index (χ4v) is 2.18. The van der Waals surface area contributed by atoms with E-state index < -0.39 is 5.91 Å². The number of carbonyl (C=O) groups excluding carboxylic acids is 1. The first-order valence-corrected chi connectivity index (χ1v) is 7.59. The van der Waals surface area contributed by atoms with E-state index in [9.17, 15) is 9.90 Å². The molecule has 2 aromatic rings. The van der Waals surface area contributed by atoms with E-state index in [0.29, 0.717) is 21.4 Å². The van der Waals surface area contributed by atoms with E-state index in [4.69, 9.17) is 28.5 Å². The number of halogens is 2. The van der Waals surface area contributed by atoms with Gasteiger partial charge in [0.05, 0.1) is 16.4 Å². The van der Waals surface area contributed by atoms with Crippen molar-refractivity contribution < 1.29 is 9.90 Å². The zero-order valence-corrected chi connectivity index (χ0v) is 14.1. The second kappa shape index (κ2) is 7.73. The number of nitrogens with one attached hydrogen (secondary N) is 2. The molecule has 0 aliphatic heterocycles. The van der Waals surface area contributed by atoms with Crippen molar-refractivity contribution in [2.75, 3.05) is 10.6 Å². The molecule has 0 heterocycles. The largest absolute Gasteiger partial charge is 0.506 e. The summed E-state index contributed by atoms with van der Waals surface area (Å²) in [6.07, 6.45) is 1.21. The van der Waals surface area contributed by atoms with Crippen molar-refractivity contribution in [3.8, 4) is 11.8 Å². The number of rotatable bonds is 4. The Morgan fingerprint density at radius 2 is 1.96 bits per heavy atom. The van der Waals surface area contributed by atoms with Crippen LogP contribution >= 0.6 is 23.2 Å². The summed E-state index contributed by atoms with van der Waals surface area (Å²) >= 11 is 11.8. The van der Waals surface area contributed by atoms with Gasteiger partial charge in [0, 0.05) is 11.2 Å². The van der Waals surface area contributed by atoms with Gasteiger partial charge in [-0.2, -0.15) is 5.26 Å². The standard InChI is InChI=1S/C17H13Cl2N3O2/c1-10-2-5-16(23)15(6-10)21-9-11(8-20)17(24)22-14-7-12(18)3-4-13(14)19/h2-7,9,21,23H,1H3,(H,22,24)/b11-9-. The number of benzene rings is 2. The van der Waals surface area contributed by atoms with Crippen LogP contribution in [0.2, 0.25) is 10.0 Å². The Hall–Kier alpha value is -2.68. The van der Waals surface area contributed by atoms with Gasteiger partial charge in [0.25, 0.3) is 5.91 Å². The van der Waals surface area contributed by atoms with Crippen LogP contribution in [0.3, 0.4) is 0 Å². The number of phenolic OH excluding ortho intramolecular Hbond substituents is 1. The molecule has 0 fully saturated rings. The summed E-state index contributed by atoms with van der Waals surface area (Å²) in [6.45, 7) is 1.85. The van der Waals surface area contributed by atoms with E-state index in [1.165, 1.54) is 24.4 Å². The van der Waals surface area contributed by atoms with Gasteiger partial charge in [0.2, 0.25) is 0 Å². The van der Waals surface area contributed by atoms with E-state index in [0.717, 1.165) is 5.56 Å². The highest BCUT2D eigenvalue weighted by Gasteiger charge is 2.12. The molecule has 5 nitrogen and oxygen atoms in total. The van der Waals surface area contributed by atoms with Gasteiger partial charge in [-0.05, 0) is 42.8 Å². The van der Waals surface area contributed by atoms with Crippen LogP contribution in [0.4, 0.5) is 11.4 Å². The Balaban J connectivity index is 2.18. The molecule has 0 aliphatic rings. The average molecular weight is 362 g/mol. The maximum absolute atomic E-state index is 12.2. The number of carbonyl (C=O) groups is 1. The Bertz CT molecular complexity index is 857. The van der Waals surface area contributed by atoms with Gasteiger partial charge in [-0.25, -0.2) is 0 Å². The van der Waals surface area contributed by atoms with Gasteiger partial charge in [-0.15, -0.1) is 0 Å². The normalized spacial score (nSPS) is 10.8. The molecule has 0 radical (unpaired) electrons. The fraction of sp³-hybridized carbons (Fsp3) is 0.0588. The lowest BCUT2D eigenvalue weighted by atomic mass is 10.2. The monoisotopic (exact) mass is 361 g/mol. The molecule has 0 aromatic heterocycles. The Morgan fingerprint density at radius 3 is 2.67 bits per heavy atom. The molecule has 0 aliphatic carbocycles. The molecular formula is C17H13Cl2N3O2. The second-order valence-electron chi connectivity index (χ2n) is 4.91. The zero-order chi connectivity index (χ0) is 17.7. The van der Waals surface area contributed by atoms with Crippen LogP contribution in [0.5, 0.6) is 5.75 Å². The molecule has 0 saturated heterocycles. The summed E-state index contributed by atoms with van der Waals surface area (Å²) in [5.74, 6) is -0.645. The second-order valence-corrected chi connectivity index (χ2v) is 5.76. The van der Waals surface area contributed by atoms with Gasteiger partial charge in [0.1, 0.15) is 17.4 Å². The van der Waals surface area contributed by atoms with Crippen LogP contribution in [-0.2, 0) is 4.79 Å². The average Bonchev–Trinajstić information content (AvgIpc) is 2.54. The summed E-state index contributed by atoms with van der Waals surface area (Å²) in [4.78, 5) is 12.2. The smallest absolute Gasteiger partial charge is 0.267 e. The van der Waals surface area contributed by atoms with E-state index in [1.54, 1.807) is 24.3 Å². The molecule has 0 spiro atoms. The van der Waals surface area contributed by atoms with Crippen LogP contribution in [-0.4, -0.2) is 11.0 Å². The first kappa shape index (κ1) is 17.7. The number of aryl methyl sites for hydroxylation is 1. The van der Waals surface area contributed by atoms with Crippen molar-refractivity contribution >= 4 is 40.5 Å². The molecular weight excluding hydrogens is 349 g/mol. The van der Waals surface area contributed by atoms with Crippen molar-refractivity contribution in [1.82, 2.24) is 0 Å². The molecule has 0 unspecified atom stereocenters. The summed E-state index contributed by atoms with van der Waals surface area (Å²) in [5.41, 5.74) is 1.41. The molecule has 0 atom stereocenters. The molecule has 122 valence electrons. The predicted molar refractivity (Wildman–Crippen MR) is 95.3 cm³/mol. The van der Waals surface area contributed by atoms with Crippen molar-refractivity contribution in [3.63, 3.8) is 0 Å². The molecule has 0 bridgehead atoms. The van der Waals surface area contributed by atoms with Crippen LogP contribution in [0, 0.1) is 18.3 Å². The third kappa shape index (κ3) is 4.42. The minimum Gasteiger partial charge on any atom is -0.506 e. The molecule has 2 aromatic carbocycles. The summed E-state index contributed by atoms with van der Waals surface area (Å²) in [5, 5.41) is 24.9. The van der Waals surface area contributed by atoms with E-state index >= 15 is 0 Å². The Labute approximate surface area is 149 Å². The maximum atomic E-state index is 12.2. The van der Waals surface area contributed by atoms with Crippen LogP contribution < -0.4 is 10.6 Å². The number of anilines is 2. The van der Waals surface area contributed by atoms with Crippen LogP contribution in [0.1, 0.15) is 5.56 Å². The van der Waals surface area contributed by atoms with Gasteiger partial charge >= 0.3 is 0 Å². The zero-order valence-electron chi connectivity index (χ0n) is 12.6. The van der Waals surface area contributed by atoms with Crippen LogP contribution in [0.25, 0.3) is 0 Å². The van der Waals surface area contributed by atoms with Crippen molar-refractivity contribution in [2.24, 2.45) is 0 Å². The highest BCUT2D eigenvalue weighted by Crippen LogP contribution is 2.26. The molecule has 24 heavy (non-hydrogen) atoms. The highest BCUT2D eigenvalue weighted by molar-refractivity contribution is 6.35. The third-order valence-corrected chi connectivity index (χ3v) is 3.63. The predicted octanol–water partition coefficient (Wildman–Crippen LogP) is 4.47. The number of amides is 1.